The van der Waals surface area contributed by atoms with Crippen LogP contribution in [0.3, 0.4) is 0 Å². The van der Waals surface area contributed by atoms with E-state index < -0.39 is 24.0 Å². The fraction of sp³-hybridized carbons (Fsp3) is 0.115. The number of aliphatic hydroxyl groups is 1. The molecule has 2 atom stereocenters. The van der Waals surface area contributed by atoms with Crippen LogP contribution in [0.1, 0.15) is 12.5 Å². The molecule has 0 fully saturated rings. The van der Waals surface area contributed by atoms with E-state index in [1.807, 2.05) is 79.0 Å². The number of carboxylic acids is 1. The summed E-state index contributed by atoms with van der Waals surface area (Å²) in [5.74, 6) is -1.93. The van der Waals surface area contributed by atoms with Gasteiger partial charge in [0.15, 0.2) is 6.04 Å². The van der Waals surface area contributed by atoms with Gasteiger partial charge < -0.3 is 15.5 Å². The van der Waals surface area contributed by atoms with Crippen molar-refractivity contribution in [2.24, 2.45) is 0 Å². The molecule has 0 saturated carbocycles. The molecular formula is C26H23N3O4. The van der Waals surface area contributed by atoms with Gasteiger partial charge in [-0.3, -0.25) is 4.79 Å². The lowest BCUT2D eigenvalue weighted by Gasteiger charge is -2.15. The minimum atomic E-state index is -1.39. The van der Waals surface area contributed by atoms with Crippen molar-refractivity contribution in [2.75, 3.05) is 0 Å². The summed E-state index contributed by atoms with van der Waals surface area (Å²) in [6.07, 6.45) is 3.42. The van der Waals surface area contributed by atoms with E-state index in [9.17, 15) is 19.8 Å². The number of benzene rings is 3. The number of fused-ring (bicyclic) bond motifs is 1. The van der Waals surface area contributed by atoms with E-state index >= 15 is 0 Å². The summed E-state index contributed by atoms with van der Waals surface area (Å²) in [4.78, 5) is 23.6. The van der Waals surface area contributed by atoms with Crippen LogP contribution < -0.4 is 5.32 Å². The molecule has 7 nitrogen and oxygen atoms in total. The molecule has 0 radical (unpaired) electrons. The Balaban J connectivity index is 1.71. The lowest BCUT2D eigenvalue weighted by molar-refractivity contribution is -0.144. The molecule has 166 valence electrons. The van der Waals surface area contributed by atoms with Crippen molar-refractivity contribution < 1.29 is 19.8 Å². The average molecular weight is 441 g/mol. The number of aromatic nitrogens is 2. The number of carbonyl (C=O) groups excluding carboxylic acids is 1. The molecule has 3 N–H and O–H groups in total. The third-order valence-electron chi connectivity index (χ3n) is 5.25. The lowest BCUT2D eigenvalue weighted by atomic mass is 10.0. The van der Waals surface area contributed by atoms with Crippen LogP contribution in [-0.4, -0.2) is 44.0 Å². The number of carbonyl (C=O) groups is 2. The highest BCUT2D eigenvalue weighted by Gasteiger charge is 2.24. The molecule has 0 aliphatic rings. The quantitative estimate of drug-likeness (QED) is 0.380. The van der Waals surface area contributed by atoms with Gasteiger partial charge in [0.05, 0.1) is 17.5 Å². The van der Waals surface area contributed by atoms with Gasteiger partial charge >= 0.3 is 5.97 Å². The van der Waals surface area contributed by atoms with E-state index in [1.54, 1.807) is 10.8 Å². The second kappa shape index (κ2) is 9.50. The highest BCUT2D eigenvalue weighted by atomic mass is 16.4. The first-order valence-corrected chi connectivity index (χ1v) is 10.5. The first-order chi connectivity index (χ1) is 15.9. The molecular weight excluding hydrogens is 418 g/mol. The number of nitrogens with zero attached hydrogens (tertiary/aromatic N) is 2. The molecule has 4 rings (SSSR count). The molecule has 33 heavy (non-hydrogen) atoms. The maximum Gasteiger partial charge on any atom is 0.328 e. The van der Waals surface area contributed by atoms with Crippen molar-refractivity contribution >= 4 is 28.7 Å². The van der Waals surface area contributed by atoms with Gasteiger partial charge in [-0.25, -0.2) is 9.48 Å². The van der Waals surface area contributed by atoms with Gasteiger partial charge in [0.2, 0.25) is 5.91 Å². The number of amides is 1. The van der Waals surface area contributed by atoms with Crippen molar-refractivity contribution in [2.45, 2.75) is 19.1 Å². The second-order valence-corrected chi connectivity index (χ2v) is 7.67. The first-order valence-electron chi connectivity index (χ1n) is 10.5. The predicted octanol–water partition coefficient (Wildman–Crippen LogP) is 3.66. The minimum Gasteiger partial charge on any atom is -0.480 e. The second-order valence-electron chi connectivity index (χ2n) is 7.67. The van der Waals surface area contributed by atoms with Gasteiger partial charge in [0.25, 0.3) is 0 Å². The summed E-state index contributed by atoms with van der Waals surface area (Å²) in [6, 6.07) is 22.3. The molecule has 7 heteroatoms. The van der Waals surface area contributed by atoms with Gasteiger partial charge in [0, 0.05) is 23.4 Å². The van der Waals surface area contributed by atoms with E-state index in [-0.39, 0.29) is 0 Å². The molecule has 1 heterocycles. The number of aliphatic carboxylic acids is 1. The highest BCUT2D eigenvalue weighted by Crippen LogP contribution is 2.28. The maximum atomic E-state index is 12.3. The third-order valence-corrected chi connectivity index (χ3v) is 5.25. The summed E-state index contributed by atoms with van der Waals surface area (Å²) in [5, 5.41) is 28.0. The van der Waals surface area contributed by atoms with E-state index in [4.69, 9.17) is 5.10 Å². The first kappa shape index (κ1) is 22.0. The predicted molar refractivity (Wildman–Crippen MR) is 127 cm³/mol. The minimum absolute atomic E-state index is 0.625. The number of hydrogen-bond acceptors (Lipinski definition) is 4. The molecule has 3 aromatic carbocycles. The molecule has 1 aromatic heterocycles. The number of rotatable bonds is 7. The summed E-state index contributed by atoms with van der Waals surface area (Å²) in [7, 11) is 0. The van der Waals surface area contributed by atoms with Gasteiger partial charge in [0.1, 0.15) is 0 Å². The van der Waals surface area contributed by atoms with Crippen LogP contribution in [0.2, 0.25) is 0 Å². The third kappa shape index (κ3) is 4.99. The Morgan fingerprint density at radius 1 is 1.00 bits per heavy atom. The molecule has 4 aromatic rings. The average Bonchev–Trinajstić information content (AvgIpc) is 3.25. The van der Waals surface area contributed by atoms with Gasteiger partial charge in [-0.2, -0.15) is 5.10 Å². The van der Waals surface area contributed by atoms with E-state index in [2.05, 4.69) is 5.32 Å². The Bertz CT molecular complexity index is 1330. The zero-order valence-electron chi connectivity index (χ0n) is 17.9. The Morgan fingerprint density at radius 2 is 1.70 bits per heavy atom. The number of hydrogen-bond donors (Lipinski definition) is 3. The van der Waals surface area contributed by atoms with Crippen molar-refractivity contribution in [1.29, 1.82) is 0 Å². The molecule has 1 amide bonds. The van der Waals surface area contributed by atoms with Gasteiger partial charge in [-0.1, -0.05) is 54.6 Å². The van der Waals surface area contributed by atoms with E-state index in [0.29, 0.717) is 11.3 Å². The fourth-order valence-electron chi connectivity index (χ4n) is 3.54. The Kier molecular flexibility index (Phi) is 6.33. The Labute approximate surface area is 190 Å². The normalized spacial score (nSPS) is 13.2. The van der Waals surface area contributed by atoms with Crippen LogP contribution in [-0.2, 0) is 9.59 Å². The Morgan fingerprint density at radius 3 is 2.39 bits per heavy atom. The van der Waals surface area contributed by atoms with Crippen LogP contribution in [0, 0.1) is 0 Å². The summed E-state index contributed by atoms with van der Waals surface area (Å²) in [6.45, 7) is 1.31. The molecule has 0 spiro atoms. The monoisotopic (exact) mass is 441 g/mol. The highest BCUT2D eigenvalue weighted by molar-refractivity contribution is 5.95. The van der Waals surface area contributed by atoms with Gasteiger partial charge in [-0.05, 0) is 42.0 Å². The topological polar surface area (TPSA) is 104 Å². The molecule has 0 bridgehead atoms. The zero-order chi connectivity index (χ0) is 23.4. The van der Waals surface area contributed by atoms with Crippen LogP contribution in [0.5, 0.6) is 0 Å². The van der Waals surface area contributed by atoms with Crippen molar-refractivity contribution in [3.8, 4) is 16.9 Å². The van der Waals surface area contributed by atoms with Crippen molar-refractivity contribution in [3.63, 3.8) is 0 Å². The number of nitrogens with one attached hydrogen (secondary N) is 1. The number of para-hydroxylation sites is 1. The van der Waals surface area contributed by atoms with Gasteiger partial charge in [-0.15, -0.1) is 0 Å². The SMILES string of the molecule is CC(O)C(NC(=O)/C=C/c1cn(-c2ccccc2)nc1-c1ccc2ccccc2c1)C(=O)O. The van der Waals surface area contributed by atoms with Crippen LogP contribution >= 0.6 is 0 Å². The van der Waals surface area contributed by atoms with Crippen LogP contribution in [0.4, 0.5) is 0 Å². The summed E-state index contributed by atoms with van der Waals surface area (Å²) >= 11 is 0. The summed E-state index contributed by atoms with van der Waals surface area (Å²) in [5.41, 5.74) is 3.12. The Hall–Kier alpha value is -4.23. The zero-order valence-corrected chi connectivity index (χ0v) is 17.9. The van der Waals surface area contributed by atoms with Crippen molar-refractivity contribution in [1.82, 2.24) is 15.1 Å². The standard InChI is InChI=1S/C26H23N3O4/c1-17(30)24(26(32)33)27-23(31)14-13-21-16-29(22-9-3-2-4-10-22)28-25(21)20-12-11-18-7-5-6-8-19(18)15-20/h2-17,24,30H,1H3,(H,27,31)(H,32,33)/b14-13+. The van der Waals surface area contributed by atoms with Crippen molar-refractivity contribution in [3.05, 3.63) is 90.6 Å². The molecule has 0 aliphatic carbocycles. The smallest absolute Gasteiger partial charge is 0.328 e. The largest absolute Gasteiger partial charge is 0.480 e. The fourth-order valence-corrected chi connectivity index (χ4v) is 3.54. The summed E-state index contributed by atoms with van der Waals surface area (Å²) < 4.78 is 1.73. The van der Waals surface area contributed by atoms with Crippen LogP contribution in [0.25, 0.3) is 33.8 Å². The molecule has 0 aliphatic heterocycles. The van der Waals surface area contributed by atoms with E-state index in [1.165, 1.54) is 13.0 Å². The molecule has 0 saturated heterocycles. The van der Waals surface area contributed by atoms with E-state index in [0.717, 1.165) is 22.0 Å². The maximum absolute atomic E-state index is 12.3. The lowest BCUT2D eigenvalue weighted by Crippen LogP contribution is -2.47. The molecule has 2 unspecified atom stereocenters. The number of carboxylic acid groups (broad SMARTS) is 1. The van der Waals surface area contributed by atoms with Crippen LogP contribution in [0.15, 0.2) is 85.1 Å². The number of aliphatic hydroxyl groups excluding tert-OH is 1.